The molecule has 5 rings (SSSR count). The molecule has 9 heteroatoms. The van der Waals surface area contributed by atoms with Gasteiger partial charge in [-0.1, -0.05) is 49.4 Å². The molecule has 4 aromatic carbocycles. The van der Waals surface area contributed by atoms with E-state index in [2.05, 4.69) is 26.8 Å². The quantitative estimate of drug-likeness (QED) is 0.266. The maximum Gasteiger partial charge on any atom is 0.262 e. The number of nitrogens with one attached hydrogen (secondary N) is 2. The zero-order chi connectivity index (χ0) is 29.0. The van der Waals surface area contributed by atoms with Gasteiger partial charge in [0.15, 0.2) is 0 Å². The van der Waals surface area contributed by atoms with E-state index in [4.69, 9.17) is 4.74 Å². The van der Waals surface area contributed by atoms with Gasteiger partial charge in [0.05, 0.1) is 17.7 Å². The molecule has 2 N–H and O–H groups in total. The second-order valence-corrected chi connectivity index (χ2v) is 11.9. The first-order valence-electron chi connectivity index (χ1n) is 13.9. The third kappa shape index (κ3) is 6.16. The number of sulfonamides is 1. The predicted octanol–water partition coefficient (Wildman–Crippen LogP) is 5.74. The van der Waals surface area contributed by atoms with E-state index in [9.17, 15) is 13.2 Å². The number of anilines is 3. The predicted molar refractivity (Wildman–Crippen MR) is 166 cm³/mol. The summed E-state index contributed by atoms with van der Waals surface area (Å²) in [6.45, 7) is 8.84. The highest BCUT2D eigenvalue weighted by Crippen LogP contribution is 2.35. The van der Waals surface area contributed by atoms with E-state index in [1.165, 1.54) is 13.2 Å². The van der Waals surface area contributed by atoms with Crippen molar-refractivity contribution in [2.75, 3.05) is 54.8 Å². The van der Waals surface area contributed by atoms with Crippen LogP contribution in [-0.4, -0.2) is 59.1 Å². The Morgan fingerprint density at radius 1 is 0.878 bits per heavy atom. The van der Waals surface area contributed by atoms with E-state index in [0.29, 0.717) is 33.5 Å². The van der Waals surface area contributed by atoms with Crippen LogP contribution in [0.5, 0.6) is 5.75 Å². The highest BCUT2D eigenvalue weighted by atomic mass is 32.2. The maximum absolute atomic E-state index is 13.8. The highest BCUT2D eigenvalue weighted by Gasteiger charge is 2.23. The molecule has 0 unspecified atom stereocenters. The standard InChI is InChI=1S/C32H36N4O4S/c1-4-17-35-18-20-36(21-19-35)24-13-15-30(40-3)29(22-24)34-41(38,39)31-16-14-28(26-11-7-8-12-27(26)31)33-32(37)25-10-6-5-9-23(25)2/h5-16,22,34H,4,17-21H2,1-3H3,(H,33,37). The molecule has 1 amide bonds. The molecule has 0 atom stereocenters. The van der Waals surface area contributed by atoms with Crippen LogP contribution < -0.4 is 19.7 Å². The SMILES string of the molecule is CCCN1CCN(c2ccc(OC)c(NS(=O)(=O)c3ccc(NC(=O)c4ccccc4C)c4ccccc34)c2)CC1. The number of amides is 1. The van der Waals surface area contributed by atoms with Crippen LogP contribution in [0.1, 0.15) is 29.3 Å². The van der Waals surface area contributed by atoms with Gasteiger partial charge in [0, 0.05) is 53.9 Å². The third-order valence-electron chi connectivity index (χ3n) is 7.52. The van der Waals surface area contributed by atoms with Gasteiger partial charge in [0.2, 0.25) is 0 Å². The van der Waals surface area contributed by atoms with Gasteiger partial charge in [0.1, 0.15) is 5.75 Å². The fraction of sp³-hybridized carbons (Fsp3) is 0.281. The summed E-state index contributed by atoms with van der Waals surface area (Å²) in [6.07, 6.45) is 1.13. The average Bonchev–Trinajstić information content (AvgIpc) is 2.98. The fourth-order valence-electron chi connectivity index (χ4n) is 5.35. The van der Waals surface area contributed by atoms with Crippen LogP contribution in [0, 0.1) is 6.92 Å². The number of aryl methyl sites for hydroxylation is 1. The van der Waals surface area contributed by atoms with E-state index in [1.54, 1.807) is 36.4 Å². The molecule has 41 heavy (non-hydrogen) atoms. The van der Waals surface area contributed by atoms with Gasteiger partial charge in [-0.05, 0) is 61.9 Å². The first-order valence-corrected chi connectivity index (χ1v) is 15.4. The molecule has 1 aliphatic heterocycles. The topological polar surface area (TPSA) is 91.0 Å². The number of piperazine rings is 1. The van der Waals surface area contributed by atoms with Crippen LogP contribution in [-0.2, 0) is 10.0 Å². The molecule has 214 valence electrons. The number of hydrogen-bond acceptors (Lipinski definition) is 6. The molecule has 0 aromatic heterocycles. The number of ether oxygens (including phenoxy) is 1. The fourth-order valence-corrected chi connectivity index (χ4v) is 6.62. The van der Waals surface area contributed by atoms with Crippen molar-refractivity contribution in [1.82, 2.24) is 4.90 Å². The van der Waals surface area contributed by atoms with Crippen molar-refractivity contribution in [2.24, 2.45) is 0 Å². The Balaban J connectivity index is 1.43. The molecule has 0 bridgehead atoms. The van der Waals surface area contributed by atoms with E-state index in [0.717, 1.165) is 50.4 Å². The van der Waals surface area contributed by atoms with Crippen molar-refractivity contribution in [1.29, 1.82) is 0 Å². The minimum atomic E-state index is -4.01. The van der Waals surface area contributed by atoms with Gasteiger partial charge in [-0.15, -0.1) is 0 Å². The van der Waals surface area contributed by atoms with E-state index in [1.807, 2.05) is 43.3 Å². The van der Waals surface area contributed by atoms with Crippen molar-refractivity contribution in [3.05, 3.63) is 90.0 Å². The number of nitrogens with zero attached hydrogens (tertiary/aromatic N) is 2. The van der Waals surface area contributed by atoms with Crippen LogP contribution in [0.2, 0.25) is 0 Å². The second-order valence-electron chi connectivity index (χ2n) is 10.2. The summed E-state index contributed by atoms with van der Waals surface area (Å²) in [5.41, 5.74) is 3.28. The smallest absolute Gasteiger partial charge is 0.262 e. The lowest BCUT2D eigenvalue weighted by molar-refractivity contribution is 0.102. The number of methoxy groups -OCH3 is 1. The Bertz CT molecular complexity index is 1660. The first kappa shape index (κ1) is 28.4. The normalized spacial score (nSPS) is 14.2. The molecule has 4 aromatic rings. The van der Waals surface area contributed by atoms with Crippen molar-refractivity contribution < 1.29 is 17.9 Å². The number of hydrogen-bond donors (Lipinski definition) is 2. The largest absolute Gasteiger partial charge is 0.495 e. The second kappa shape index (κ2) is 12.2. The highest BCUT2D eigenvalue weighted by molar-refractivity contribution is 7.93. The number of benzene rings is 4. The van der Waals surface area contributed by atoms with Gasteiger partial charge in [0.25, 0.3) is 15.9 Å². The van der Waals surface area contributed by atoms with Crippen molar-refractivity contribution in [3.63, 3.8) is 0 Å². The van der Waals surface area contributed by atoms with Crippen LogP contribution >= 0.6 is 0 Å². The Labute approximate surface area is 242 Å². The molecular weight excluding hydrogens is 536 g/mol. The number of carbonyl (C=O) groups is 1. The minimum absolute atomic E-state index is 0.114. The van der Waals surface area contributed by atoms with Gasteiger partial charge in [-0.3, -0.25) is 14.4 Å². The first-order chi connectivity index (χ1) is 19.8. The average molecular weight is 573 g/mol. The monoisotopic (exact) mass is 572 g/mol. The van der Waals surface area contributed by atoms with Crippen LogP contribution in [0.25, 0.3) is 10.8 Å². The van der Waals surface area contributed by atoms with E-state index in [-0.39, 0.29) is 10.8 Å². The molecule has 0 radical (unpaired) electrons. The summed E-state index contributed by atoms with van der Waals surface area (Å²) >= 11 is 0. The lowest BCUT2D eigenvalue weighted by atomic mass is 10.1. The zero-order valence-corrected chi connectivity index (χ0v) is 24.5. The summed E-state index contributed by atoms with van der Waals surface area (Å²) in [6, 6.07) is 23.3. The number of fused-ring (bicyclic) bond motifs is 1. The Kier molecular flexibility index (Phi) is 8.46. The number of rotatable bonds is 9. The summed E-state index contributed by atoms with van der Waals surface area (Å²) in [5, 5.41) is 4.09. The summed E-state index contributed by atoms with van der Waals surface area (Å²) in [4.78, 5) is 17.9. The van der Waals surface area contributed by atoms with Gasteiger partial charge < -0.3 is 15.0 Å². The third-order valence-corrected chi connectivity index (χ3v) is 8.94. The van der Waals surface area contributed by atoms with E-state index >= 15 is 0 Å². The van der Waals surface area contributed by atoms with Crippen molar-refractivity contribution in [3.8, 4) is 5.75 Å². The molecule has 1 saturated heterocycles. The van der Waals surface area contributed by atoms with Crippen LogP contribution in [0.4, 0.5) is 17.1 Å². The summed E-state index contributed by atoms with van der Waals surface area (Å²) < 4.78 is 35.9. The molecule has 1 aliphatic rings. The molecule has 0 aliphatic carbocycles. The van der Waals surface area contributed by atoms with Gasteiger partial charge >= 0.3 is 0 Å². The summed E-state index contributed by atoms with van der Waals surface area (Å²) in [5.74, 6) is 0.187. The van der Waals surface area contributed by atoms with E-state index < -0.39 is 10.0 Å². The van der Waals surface area contributed by atoms with Crippen molar-refractivity contribution >= 4 is 43.8 Å². The Hall–Kier alpha value is -4.08. The Morgan fingerprint density at radius 3 is 2.29 bits per heavy atom. The molecule has 0 saturated carbocycles. The molecule has 1 fully saturated rings. The minimum Gasteiger partial charge on any atom is -0.495 e. The molecule has 8 nitrogen and oxygen atoms in total. The Morgan fingerprint density at radius 2 is 1.59 bits per heavy atom. The van der Waals surface area contributed by atoms with Gasteiger partial charge in [-0.2, -0.15) is 0 Å². The number of carbonyl (C=O) groups excluding carboxylic acids is 1. The maximum atomic E-state index is 13.8. The lowest BCUT2D eigenvalue weighted by Crippen LogP contribution is -2.46. The van der Waals surface area contributed by atoms with Crippen LogP contribution in [0.15, 0.2) is 83.8 Å². The molecule has 1 heterocycles. The molecular formula is C32H36N4O4S. The zero-order valence-electron chi connectivity index (χ0n) is 23.7. The molecule has 0 spiro atoms. The van der Waals surface area contributed by atoms with Crippen molar-refractivity contribution in [2.45, 2.75) is 25.2 Å². The van der Waals surface area contributed by atoms with Crippen LogP contribution in [0.3, 0.4) is 0 Å². The summed E-state index contributed by atoms with van der Waals surface area (Å²) in [7, 11) is -2.48. The lowest BCUT2D eigenvalue weighted by Gasteiger charge is -2.36. The van der Waals surface area contributed by atoms with Gasteiger partial charge in [-0.25, -0.2) is 8.42 Å².